The van der Waals surface area contributed by atoms with Crippen molar-refractivity contribution in [1.82, 2.24) is 9.78 Å². The van der Waals surface area contributed by atoms with E-state index in [2.05, 4.69) is 28.6 Å². The maximum absolute atomic E-state index is 4.42. The first-order chi connectivity index (χ1) is 7.83. The van der Waals surface area contributed by atoms with Crippen molar-refractivity contribution in [1.29, 1.82) is 0 Å². The molecule has 3 rings (SSSR count). The number of benzene rings is 1. The minimum absolute atomic E-state index is 1.05. The molecule has 0 radical (unpaired) electrons. The lowest BCUT2D eigenvalue weighted by molar-refractivity contribution is 0.822. The summed E-state index contributed by atoms with van der Waals surface area (Å²) in [6.07, 6.45) is 4.41. The third kappa shape index (κ3) is 1.58. The van der Waals surface area contributed by atoms with Crippen LogP contribution in [0.3, 0.4) is 0 Å². The summed E-state index contributed by atoms with van der Waals surface area (Å²) in [7, 11) is 0. The number of aromatic nitrogens is 2. The molecule has 0 amide bonds. The Labute approximate surface area is 95.1 Å². The molecule has 16 heavy (non-hydrogen) atoms. The average Bonchev–Trinajstić information content (AvgIpc) is 2.75. The quantitative estimate of drug-likeness (QED) is 0.789. The molecule has 1 aromatic carbocycles. The highest BCUT2D eigenvalue weighted by Crippen LogP contribution is 2.24. The summed E-state index contributed by atoms with van der Waals surface area (Å²) in [6.45, 7) is 3.09. The number of hydrogen-bond acceptors (Lipinski definition) is 2. The Morgan fingerprint density at radius 3 is 3.06 bits per heavy atom. The normalized spacial score (nSPS) is 14.3. The molecular formula is C13H15N3. The van der Waals surface area contributed by atoms with Crippen molar-refractivity contribution in [3.63, 3.8) is 0 Å². The van der Waals surface area contributed by atoms with Gasteiger partial charge < -0.3 is 5.32 Å². The summed E-state index contributed by atoms with van der Waals surface area (Å²) in [5, 5.41) is 7.86. The molecule has 0 saturated heterocycles. The summed E-state index contributed by atoms with van der Waals surface area (Å²) < 4.78 is 1.92. The van der Waals surface area contributed by atoms with E-state index in [0.717, 1.165) is 17.9 Å². The van der Waals surface area contributed by atoms with Crippen LogP contribution >= 0.6 is 0 Å². The summed E-state index contributed by atoms with van der Waals surface area (Å²) >= 11 is 0. The van der Waals surface area contributed by atoms with Crippen LogP contribution in [0, 0.1) is 6.92 Å². The highest BCUT2D eigenvalue weighted by molar-refractivity contribution is 5.58. The van der Waals surface area contributed by atoms with Gasteiger partial charge in [-0.1, -0.05) is 6.07 Å². The van der Waals surface area contributed by atoms with E-state index in [0.29, 0.717) is 0 Å². The molecule has 0 aliphatic carbocycles. The number of anilines is 1. The topological polar surface area (TPSA) is 29.9 Å². The molecule has 0 fully saturated rings. The number of hydrogen-bond donors (Lipinski definition) is 1. The first-order valence-corrected chi connectivity index (χ1v) is 5.72. The standard InChI is InChI=1S/C13H15N3/c1-10-6-8-16(15-10)12-5-4-11-3-2-7-14-13(11)9-12/h4-6,8-9,14H,2-3,7H2,1H3. The summed E-state index contributed by atoms with van der Waals surface area (Å²) in [4.78, 5) is 0. The number of aryl methyl sites for hydroxylation is 2. The zero-order chi connectivity index (χ0) is 11.0. The molecule has 0 atom stereocenters. The van der Waals surface area contributed by atoms with E-state index in [-0.39, 0.29) is 0 Å². The van der Waals surface area contributed by atoms with Crippen molar-refractivity contribution in [2.45, 2.75) is 19.8 Å². The molecule has 2 heterocycles. The van der Waals surface area contributed by atoms with Gasteiger partial charge >= 0.3 is 0 Å². The zero-order valence-corrected chi connectivity index (χ0v) is 9.40. The minimum atomic E-state index is 1.05. The van der Waals surface area contributed by atoms with E-state index in [1.807, 2.05) is 23.9 Å². The average molecular weight is 213 g/mol. The van der Waals surface area contributed by atoms with Crippen molar-refractivity contribution < 1.29 is 0 Å². The Bertz CT molecular complexity index is 514. The van der Waals surface area contributed by atoms with Crippen molar-refractivity contribution >= 4 is 5.69 Å². The second-order valence-electron chi connectivity index (χ2n) is 4.27. The molecule has 1 aliphatic rings. The molecule has 1 aromatic heterocycles. The van der Waals surface area contributed by atoms with Crippen LogP contribution in [0.15, 0.2) is 30.5 Å². The first-order valence-electron chi connectivity index (χ1n) is 5.72. The van der Waals surface area contributed by atoms with Gasteiger partial charge in [0.2, 0.25) is 0 Å². The molecule has 3 nitrogen and oxygen atoms in total. The van der Waals surface area contributed by atoms with E-state index in [9.17, 15) is 0 Å². The maximum Gasteiger partial charge on any atom is 0.0666 e. The summed E-state index contributed by atoms with van der Waals surface area (Å²) in [5.41, 5.74) is 4.85. The van der Waals surface area contributed by atoms with Crippen molar-refractivity contribution in [3.05, 3.63) is 41.7 Å². The van der Waals surface area contributed by atoms with Crippen molar-refractivity contribution in [2.24, 2.45) is 0 Å². The molecule has 2 aromatic rings. The Morgan fingerprint density at radius 1 is 1.31 bits per heavy atom. The van der Waals surface area contributed by atoms with Gasteiger partial charge in [-0.3, -0.25) is 0 Å². The van der Waals surface area contributed by atoms with Gasteiger partial charge in [-0.2, -0.15) is 5.10 Å². The molecule has 1 N–H and O–H groups in total. The summed E-state index contributed by atoms with van der Waals surface area (Å²) in [6, 6.07) is 8.54. The van der Waals surface area contributed by atoms with Crippen molar-refractivity contribution in [3.8, 4) is 5.69 Å². The van der Waals surface area contributed by atoms with Gasteiger partial charge in [0.05, 0.1) is 11.4 Å². The van der Waals surface area contributed by atoms with Crippen LogP contribution in [0.4, 0.5) is 5.69 Å². The van der Waals surface area contributed by atoms with Gasteiger partial charge in [0.1, 0.15) is 0 Å². The van der Waals surface area contributed by atoms with E-state index in [1.165, 1.54) is 24.1 Å². The van der Waals surface area contributed by atoms with Gasteiger partial charge in [0.15, 0.2) is 0 Å². The Morgan fingerprint density at radius 2 is 2.25 bits per heavy atom. The fourth-order valence-corrected chi connectivity index (χ4v) is 2.15. The lowest BCUT2D eigenvalue weighted by Gasteiger charge is -2.18. The number of nitrogens with zero attached hydrogens (tertiary/aromatic N) is 2. The van der Waals surface area contributed by atoms with Crippen LogP contribution < -0.4 is 5.32 Å². The van der Waals surface area contributed by atoms with E-state index >= 15 is 0 Å². The van der Waals surface area contributed by atoms with Gasteiger partial charge in [0.25, 0.3) is 0 Å². The fourth-order valence-electron chi connectivity index (χ4n) is 2.15. The van der Waals surface area contributed by atoms with Crippen LogP contribution in [0.2, 0.25) is 0 Å². The van der Waals surface area contributed by atoms with Crippen LogP contribution in [0.1, 0.15) is 17.7 Å². The predicted molar refractivity (Wildman–Crippen MR) is 65.1 cm³/mol. The van der Waals surface area contributed by atoms with E-state index < -0.39 is 0 Å². The molecular weight excluding hydrogens is 198 g/mol. The third-order valence-electron chi connectivity index (χ3n) is 3.02. The smallest absolute Gasteiger partial charge is 0.0666 e. The molecule has 0 bridgehead atoms. The highest BCUT2D eigenvalue weighted by Gasteiger charge is 2.09. The Balaban J connectivity index is 2.02. The van der Waals surface area contributed by atoms with Crippen LogP contribution in [-0.4, -0.2) is 16.3 Å². The number of fused-ring (bicyclic) bond motifs is 1. The number of rotatable bonds is 1. The third-order valence-corrected chi connectivity index (χ3v) is 3.02. The fraction of sp³-hybridized carbons (Fsp3) is 0.308. The SMILES string of the molecule is Cc1ccn(-c2ccc3c(c2)NCCC3)n1. The van der Waals surface area contributed by atoms with Crippen LogP contribution in [0.25, 0.3) is 5.69 Å². The zero-order valence-electron chi connectivity index (χ0n) is 9.40. The highest BCUT2D eigenvalue weighted by atomic mass is 15.3. The lowest BCUT2D eigenvalue weighted by Crippen LogP contribution is -2.12. The monoisotopic (exact) mass is 213 g/mol. The Kier molecular flexibility index (Phi) is 2.17. The molecule has 0 unspecified atom stereocenters. The van der Waals surface area contributed by atoms with Crippen LogP contribution in [-0.2, 0) is 6.42 Å². The molecule has 82 valence electrons. The first kappa shape index (κ1) is 9.46. The second-order valence-corrected chi connectivity index (χ2v) is 4.27. The second kappa shape index (κ2) is 3.67. The van der Waals surface area contributed by atoms with E-state index in [1.54, 1.807) is 0 Å². The summed E-state index contributed by atoms with van der Waals surface area (Å²) in [5.74, 6) is 0. The maximum atomic E-state index is 4.42. The lowest BCUT2D eigenvalue weighted by atomic mass is 10.0. The molecule has 3 heteroatoms. The minimum Gasteiger partial charge on any atom is -0.385 e. The van der Waals surface area contributed by atoms with Crippen molar-refractivity contribution in [2.75, 3.05) is 11.9 Å². The van der Waals surface area contributed by atoms with Gasteiger partial charge in [-0.05, 0) is 43.5 Å². The van der Waals surface area contributed by atoms with Gasteiger partial charge in [-0.25, -0.2) is 4.68 Å². The van der Waals surface area contributed by atoms with Gasteiger partial charge in [0, 0.05) is 18.4 Å². The molecule has 0 spiro atoms. The van der Waals surface area contributed by atoms with Crippen LogP contribution in [0.5, 0.6) is 0 Å². The number of nitrogens with one attached hydrogen (secondary N) is 1. The molecule has 0 saturated carbocycles. The predicted octanol–water partition coefficient (Wildman–Crippen LogP) is 2.54. The molecule has 1 aliphatic heterocycles. The Hall–Kier alpha value is -1.77. The van der Waals surface area contributed by atoms with E-state index in [4.69, 9.17) is 0 Å². The largest absolute Gasteiger partial charge is 0.385 e. The van der Waals surface area contributed by atoms with Gasteiger partial charge in [-0.15, -0.1) is 0 Å².